The Morgan fingerprint density at radius 2 is 1.96 bits per heavy atom. The summed E-state index contributed by atoms with van der Waals surface area (Å²) in [5.41, 5.74) is 1.62. The van der Waals surface area contributed by atoms with E-state index in [2.05, 4.69) is 25.1 Å². The minimum Gasteiger partial charge on any atom is -0.362 e. The molecule has 2 aromatic heterocycles. The first kappa shape index (κ1) is 17.2. The first-order valence-corrected chi connectivity index (χ1v) is 9.04. The second-order valence-electron chi connectivity index (χ2n) is 6.89. The zero-order valence-corrected chi connectivity index (χ0v) is 15.5. The monoisotopic (exact) mass is 362 g/mol. The molecule has 0 fully saturated rings. The number of carbonyl (C=O) groups is 1. The number of pyridine rings is 1. The van der Waals surface area contributed by atoms with Gasteiger partial charge in [-0.2, -0.15) is 0 Å². The van der Waals surface area contributed by atoms with Crippen LogP contribution < -0.4 is 10.2 Å². The van der Waals surface area contributed by atoms with Crippen molar-refractivity contribution in [3.8, 4) is 11.4 Å². The molecule has 1 N–H and O–H groups in total. The molecule has 27 heavy (non-hydrogen) atoms. The smallest absolute Gasteiger partial charge is 0.255 e. The first-order chi connectivity index (χ1) is 13.1. The highest BCUT2D eigenvalue weighted by Crippen LogP contribution is 2.23. The maximum Gasteiger partial charge on any atom is 0.255 e. The van der Waals surface area contributed by atoms with E-state index in [0.29, 0.717) is 17.9 Å². The summed E-state index contributed by atoms with van der Waals surface area (Å²) in [7, 11) is 3.77. The lowest BCUT2D eigenvalue weighted by molar-refractivity contribution is 0.0928. The number of benzene rings is 1. The van der Waals surface area contributed by atoms with E-state index in [9.17, 15) is 4.79 Å². The van der Waals surface area contributed by atoms with E-state index >= 15 is 0 Å². The molecule has 7 nitrogen and oxygen atoms in total. The third-order valence-electron chi connectivity index (χ3n) is 4.77. The van der Waals surface area contributed by atoms with Gasteiger partial charge in [-0.05, 0) is 18.6 Å². The number of fused-ring (bicyclic) bond motifs is 1. The summed E-state index contributed by atoms with van der Waals surface area (Å²) in [4.78, 5) is 19.0. The molecule has 0 radical (unpaired) electrons. The van der Waals surface area contributed by atoms with E-state index in [-0.39, 0.29) is 11.9 Å². The summed E-state index contributed by atoms with van der Waals surface area (Å²) in [5, 5.41) is 11.8. The van der Waals surface area contributed by atoms with Gasteiger partial charge in [0.25, 0.3) is 5.91 Å². The van der Waals surface area contributed by atoms with E-state index < -0.39 is 0 Å². The molecule has 0 unspecified atom stereocenters. The molecule has 0 saturated carbocycles. The SMILES string of the molecule is CN(C)c1ncccc1C(=O)N[C@@H]1CCc2nnc(-c3ccccc3)n2C1. The highest BCUT2D eigenvalue weighted by molar-refractivity contribution is 5.99. The van der Waals surface area contributed by atoms with Crippen LogP contribution in [0.4, 0.5) is 5.82 Å². The topological polar surface area (TPSA) is 75.9 Å². The number of aromatic nitrogens is 4. The average molecular weight is 362 g/mol. The van der Waals surface area contributed by atoms with Gasteiger partial charge in [-0.1, -0.05) is 30.3 Å². The number of rotatable bonds is 4. The summed E-state index contributed by atoms with van der Waals surface area (Å²) in [6, 6.07) is 13.6. The van der Waals surface area contributed by atoms with E-state index in [1.54, 1.807) is 18.3 Å². The van der Waals surface area contributed by atoms with Crippen molar-refractivity contribution in [2.75, 3.05) is 19.0 Å². The standard InChI is InChI=1S/C20H22N6O/c1-25(2)19-16(9-6-12-21-19)20(27)22-15-10-11-17-23-24-18(26(17)13-15)14-7-4-3-5-8-14/h3-9,12,15H,10-11,13H2,1-2H3,(H,22,27)/t15-/m1/s1. The van der Waals surface area contributed by atoms with Crippen LogP contribution in [0.3, 0.4) is 0 Å². The normalized spacial score (nSPS) is 15.9. The Morgan fingerprint density at radius 3 is 2.74 bits per heavy atom. The van der Waals surface area contributed by atoms with Gasteiger partial charge in [0.2, 0.25) is 0 Å². The van der Waals surface area contributed by atoms with E-state index in [1.165, 1.54) is 0 Å². The molecule has 0 saturated heterocycles. The maximum atomic E-state index is 12.8. The summed E-state index contributed by atoms with van der Waals surface area (Å²) >= 11 is 0. The lowest BCUT2D eigenvalue weighted by Gasteiger charge is -2.26. The van der Waals surface area contributed by atoms with Crippen LogP contribution in [0, 0.1) is 0 Å². The Morgan fingerprint density at radius 1 is 1.15 bits per heavy atom. The van der Waals surface area contributed by atoms with E-state index in [4.69, 9.17) is 0 Å². The fraction of sp³-hybridized carbons (Fsp3) is 0.300. The fourth-order valence-electron chi connectivity index (χ4n) is 3.44. The zero-order chi connectivity index (χ0) is 18.8. The number of nitrogens with zero attached hydrogens (tertiary/aromatic N) is 5. The lowest BCUT2D eigenvalue weighted by atomic mass is 10.1. The third-order valence-corrected chi connectivity index (χ3v) is 4.77. The quantitative estimate of drug-likeness (QED) is 0.770. The van der Waals surface area contributed by atoms with Crippen molar-refractivity contribution in [3.05, 3.63) is 60.0 Å². The highest BCUT2D eigenvalue weighted by atomic mass is 16.1. The number of anilines is 1. The molecule has 138 valence electrons. The molecule has 1 amide bonds. The van der Waals surface area contributed by atoms with Crippen molar-refractivity contribution in [2.45, 2.75) is 25.4 Å². The van der Waals surface area contributed by atoms with Crippen LogP contribution in [-0.2, 0) is 13.0 Å². The number of amides is 1. The van der Waals surface area contributed by atoms with Gasteiger partial charge in [0, 0.05) is 44.9 Å². The molecule has 0 aliphatic carbocycles. The van der Waals surface area contributed by atoms with Crippen LogP contribution in [0.15, 0.2) is 48.7 Å². The molecule has 1 aliphatic rings. The predicted octanol–water partition coefficient (Wildman–Crippen LogP) is 2.15. The van der Waals surface area contributed by atoms with Crippen LogP contribution in [0.25, 0.3) is 11.4 Å². The molecule has 3 aromatic rings. The van der Waals surface area contributed by atoms with Crippen LogP contribution >= 0.6 is 0 Å². The van der Waals surface area contributed by atoms with Crippen LogP contribution in [-0.4, -0.2) is 45.8 Å². The zero-order valence-electron chi connectivity index (χ0n) is 15.5. The van der Waals surface area contributed by atoms with E-state index in [1.807, 2.05) is 49.3 Å². The summed E-state index contributed by atoms with van der Waals surface area (Å²) in [6.07, 6.45) is 3.33. The van der Waals surface area contributed by atoms with Crippen LogP contribution in [0.2, 0.25) is 0 Å². The van der Waals surface area contributed by atoms with Gasteiger partial charge < -0.3 is 14.8 Å². The van der Waals surface area contributed by atoms with Crippen molar-refractivity contribution in [3.63, 3.8) is 0 Å². The van der Waals surface area contributed by atoms with Crippen molar-refractivity contribution >= 4 is 11.7 Å². The van der Waals surface area contributed by atoms with Gasteiger partial charge in [0.05, 0.1) is 5.56 Å². The molecule has 1 aliphatic heterocycles. The van der Waals surface area contributed by atoms with E-state index in [0.717, 1.165) is 30.1 Å². The number of hydrogen-bond donors (Lipinski definition) is 1. The maximum absolute atomic E-state index is 12.8. The second kappa shape index (κ2) is 7.19. The van der Waals surface area contributed by atoms with Gasteiger partial charge in [0.15, 0.2) is 5.82 Å². The largest absolute Gasteiger partial charge is 0.362 e. The Kier molecular flexibility index (Phi) is 4.58. The Hall–Kier alpha value is -3.22. The number of carbonyl (C=O) groups excluding carboxylic acids is 1. The molecule has 0 spiro atoms. The van der Waals surface area contributed by atoms with Crippen LogP contribution in [0.5, 0.6) is 0 Å². The Labute approximate surface area is 158 Å². The molecule has 1 atom stereocenters. The van der Waals surface area contributed by atoms with Gasteiger partial charge in [-0.3, -0.25) is 4.79 Å². The molecule has 0 bridgehead atoms. The minimum absolute atomic E-state index is 0.0266. The molecular weight excluding hydrogens is 340 g/mol. The lowest BCUT2D eigenvalue weighted by Crippen LogP contribution is -2.41. The van der Waals surface area contributed by atoms with Crippen molar-refractivity contribution in [1.82, 2.24) is 25.1 Å². The first-order valence-electron chi connectivity index (χ1n) is 9.04. The number of aryl methyl sites for hydroxylation is 1. The molecule has 1 aromatic carbocycles. The average Bonchev–Trinajstić information content (AvgIpc) is 3.12. The van der Waals surface area contributed by atoms with Crippen molar-refractivity contribution in [2.24, 2.45) is 0 Å². The summed E-state index contributed by atoms with van der Waals surface area (Å²) in [5.74, 6) is 2.38. The molecule has 4 rings (SSSR count). The third kappa shape index (κ3) is 3.40. The predicted molar refractivity (Wildman–Crippen MR) is 104 cm³/mol. The number of hydrogen-bond acceptors (Lipinski definition) is 5. The second-order valence-corrected chi connectivity index (χ2v) is 6.89. The Bertz CT molecular complexity index is 950. The van der Waals surface area contributed by atoms with Crippen molar-refractivity contribution < 1.29 is 4.79 Å². The van der Waals surface area contributed by atoms with Gasteiger partial charge in [-0.25, -0.2) is 4.98 Å². The van der Waals surface area contributed by atoms with Gasteiger partial charge in [0.1, 0.15) is 11.6 Å². The van der Waals surface area contributed by atoms with Crippen molar-refractivity contribution in [1.29, 1.82) is 0 Å². The fourth-order valence-corrected chi connectivity index (χ4v) is 3.44. The molecular formula is C20H22N6O. The van der Waals surface area contributed by atoms with Crippen LogP contribution in [0.1, 0.15) is 22.6 Å². The molecule has 3 heterocycles. The van der Waals surface area contributed by atoms with Gasteiger partial charge in [-0.15, -0.1) is 10.2 Å². The summed E-state index contributed by atoms with van der Waals surface area (Å²) in [6.45, 7) is 0.663. The Balaban J connectivity index is 1.54. The highest BCUT2D eigenvalue weighted by Gasteiger charge is 2.25. The van der Waals surface area contributed by atoms with Gasteiger partial charge >= 0.3 is 0 Å². The minimum atomic E-state index is -0.102. The summed E-state index contributed by atoms with van der Waals surface area (Å²) < 4.78 is 2.11. The molecule has 7 heteroatoms. The number of nitrogens with one attached hydrogen (secondary N) is 1.